The van der Waals surface area contributed by atoms with Gasteiger partial charge in [0.1, 0.15) is 11.4 Å². The molecule has 2 aromatic carbocycles. The summed E-state index contributed by atoms with van der Waals surface area (Å²) in [6.45, 7) is 1.27. The molecule has 0 fully saturated rings. The first-order chi connectivity index (χ1) is 11.7. The molecular weight excluding hydrogens is 304 g/mol. The third-order valence-corrected chi connectivity index (χ3v) is 3.99. The van der Waals surface area contributed by atoms with Gasteiger partial charge in [0.05, 0.1) is 14.2 Å². The van der Waals surface area contributed by atoms with E-state index in [0.717, 1.165) is 27.8 Å². The van der Waals surface area contributed by atoms with E-state index in [9.17, 15) is 4.79 Å². The first-order valence-electron chi connectivity index (χ1n) is 7.74. The number of ether oxygens (including phenoxy) is 2. The predicted octanol–water partition coefficient (Wildman–Crippen LogP) is 3.25. The van der Waals surface area contributed by atoms with Crippen LogP contribution in [0.15, 0.2) is 48.5 Å². The van der Waals surface area contributed by atoms with Crippen LogP contribution in [-0.2, 0) is 17.8 Å². The van der Waals surface area contributed by atoms with E-state index >= 15 is 0 Å². The van der Waals surface area contributed by atoms with E-state index in [1.165, 1.54) is 7.11 Å². The molecule has 2 N–H and O–H groups in total. The van der Waals surface area contributed by atoms with Crippen LogP contribution in [0.25, 0.3) is 10.9 Å². The van der Waals surface area contributed by atoms with E-state index in [1.54, 1.807) is 7.11 Å². The van der Waals surface area contributed by atoms with Gasteiger partial charge < -0.3 is 19.8 Å². The number of hydrogen-bond acceptors (Lipinski definition) is 4. The number of aromatic amines is 1. The molecular formula is C19H20N2O3. The molecule has 0 aliphatic rings. The maximum absolute atomic E-state index is 12.0. The monoisotopic (exact) mass is 324 g/mol. The van der Waals surface area contributed by atoms with Crippen molar-refractivity contribution in [2.45, 2.75) is 13.1 Å². The van der Waals surface area contributed by atoms with Gasteiger partial charge in [0.15, 0.2) is 0 Å². The number of esters is 1. The Morgan fingerprint density at radius 3 is 2.50 bits per heavy atom. The number of hydrogen-bond donors (Lipinski definition) is 2. The number of para-hydroxylation sites is 1. The Morgan fingerprint density at radius 2 is 1.79 bits per heavy atom. The molecule has 3 rings (SSSR count). The largest absolute Gasteiger partial charge is 0.497 e. The molecule has 0 bridgehead atoms. The van der Waals surface area contributed by atoms with Gasteiger partial charge in [-0.3, -0.25) is 0 Å². The van der Waals surface area contributed by atoms with Gasteiger partial charge in [-0.15, -0.1) is 0 Å². The summed E-state index contributed by atoms with van der Waals surface area (Å²) in [6, 6.07) is 15.8. The Balaban J connectivity index is 1.77. The van der Waals surface area contributed by atoms with E-state index in [1.807, 2.05) is 48.5 Å². The summed E-state index contributed by atoms with van der Waals surface area (Å²) < 4.78 is 10.0. The van der Waals surface area contributed by atoms with Crippen molar-refractivity contribution in [3.8, 4) is 5.75 Å². The zero-order valence-corrected chi connectivity index (χ0v) is 13.8. The van der Waals surface area contributed by atoms with Gasteiger partial charge in [0.2, 0.25) is 0 Å². The second-order valence-corrected chi connectivity index (χ2v) is 5.47. The van der Waals surface area contributed by atoms with Gasteiger partial charge in [-0.05, 0) is 23.8 Å². The van der Waals surface area contributed by atoms with E-state index in [0.29, 0.717) is 18.8 Å². The molecule has 0 amide bonds. The number of rotatable bonds is 6. The Labute approximate surface area is 140 Å². The molecule has 0 atom stereocenters. The summed E-state index contributed by atoms with van der Waals surface area (Å²) in [5.41, 5.74) is 3.50. The van der Waals surface area contributed by atoms with E-state index in [4.69, 9.17) is 9.47 Å². The number of carbonyl (C=O) groups excluding carboxylic acids is 1. The molecule has 0 radical (unpaired) electrons. The van der Waals surface area contributed by atoms with Crippen LogP contribution in [0.2, 0.25) is 0 Å². The third-order valence-electron chi connectivity index (χ3n) is 3.99. The maximum atomic E-state index is 12.0. The number of carbonyl (C=O) groups is 1. The normalized spacial score (nSPS) is 10.8. The first kappa shape index (κ1) is 16.1. The van der Waals surface area contributed by atoms with Crippen LogP contribution in [0.1, 0.15) is 21.6 Å². The maximum Gasteiger partial charge on any atom is 0.354 e. The fourth-order valence-electron chi connectivity index (χ4n) is 2.74. The zero-order chi connectivity index (χ0) is 16.9. The molecule has 3 aromatic rings. The number of methoxy groups -OCH3 is 2. The Morgan fingerprint density at radius 1 is 1.04 bits per heavy atom. The molecule has 0 spiro atoms. The van der Waals surface area contributed by atoms with Crippen molar-refractivity contribution in [3.63, 3.8) is 0 Å². The van der Waals surface area contributed by atoms with Crippen LogP contribution in [0.3, 0.4) is 0 Å². The van der Waals surface area contributed by atoms with Gasteiger partial charge in [0.25, 0.3) is 0 Å². The van der Waals surface area contributed by atoms with E-state index < -0.39 is 0 Å². The lowest BCUT2D eigenvalue weighted by Crippen LogP contribution is -2.15. The Kier molecular flexibility index (Phi) is 4.82. The highest BCUT2D eigenvalue weighted by molar-refractivity contribution is 5.98. The van der Waals surface area contributed by atoms with Crippen LogP contribution >= 0.6 is 0 Å². The van der Waals surface area contributed by atoms with Crippen LogP contribution in [0, 0.1) is 0 Å². The van der Waals surface area contributed by atoms with Crippen LogP contribution in [-0.4, -0.2) is 25.2 Å². The van der Waals surface area contributed by atoms with Crippen molar-refractivity contribution in [2.24, 2.45) is 0 Å². The van der Waals surface area contributed by atoms with Crippen LogP contribution < -0.4 is 10.1 Å². The molecule has 1 aromatic heterocycles. The molecule has 0 unspecified atom stereocenters. The van der Waals surface area contributed by atoms with E-state index in [2.05, 4.69) is 10.3 Å². The third kappa shape index (κ3) is 3.26. The highest BCUT2D eigenvalue weighted by atomic mass is 16.5. The smallest absolute Gasteiger partial charge is 0.354 e. The molecule has 24 heavy (non-hydrogen) atoms. The molecule has 5 heteroatoms. The van der Waals surface area contributed by atoms with Gasteiger partial charge >= 0.3 is 5.97 Å². The van der Waals surface area contributed by atoms with Crippen molar-refractivity contribution in [3.05, 3.63) is 65.4 Å². The van der Waals surface area contributed by atoms with Crippen LogP contribution in [0.4, 0.5) is 0 Å². The van der Waals surface area contributed by atoms with Gasteiger partial charge in [-0.2, -0.15) is 0 Å². The summed E-state index contributed by atoms with van der Waals surface area (Å²) in [5, 5.41) is 4.41. The average molecular weight is 324 g/mol. The SMILES string of the molecule is COC(=O)c1[nH]c2ccccc2c1CNCc1ccc(OC)cc1. The van der Waals surface area contributed by atoms with Gasteiger partial charge in [0, 0.05) is 29.6 Å². The van der Waals surface area contributed by atoms with Crippen molar-refractivity contribution in [1.29, 1.82) is 0 Å². The standard InChI is InChI=1S/C19H20N2O3/c1-23-14-9-7-13(8-10-14)11-20-12-16-15-5-3-4-6-17(15)21-18(16)19(22)24-2/h3-10,20-21H,11-12H2,1-2H3. The Hall–Kier alpha value is -2.79. The lowest BCUT2D eigenvalue weighted by atomic mass is 10.1. The highest BCUT2D eigenvalue weighted by Crippen LogP contribution is 2.23. The average Bonchev–Trinajstić information content (AvgIpc) is 3.00. The Bertz CT molecular complexity index is 837. The van der Waals surface area contributed by atoms with Crippen LogP contribution in [0.5, 0.6) is 5.75 Å². The first-order valence-corrected chi connectivity index (χ1v) is 7.74. The number of nitrogens with one attached hydrogen (secondary N) is 2. The second kappa shape index (κ2) is 7.19. The van der Waals surface area contributed by atoms with Crippen molar-refractivity contribution in [2.75, 3.05) is 14.2 Å². The molecule has 0 saturated carbocycles. The number of aromatic nitrogens is 1. The minimum Gasteiger partial charge on any atom is -0.497 e. The number of fused-ring (bicyclic) bond motifs is 1. The van der Waals surface area contributed by atoms with Crippen molar-refractivity contribution in [1.82, 2.24) is 10.3 Å². The molecule has 0 aliphatic heterocycles. The van der Waals surface area contributed by atoms with Crippen molar-refractivity contribution >= 4 is 16.9 Å². The topological polar surface area (TPSA) is 63.4 Å². The predicted molar refractivity (Wildman–Crippen MR) is 93.2 cm³/mol. The fourth-order valence-corrected chi connectivity index (χ4v) is 2.74. The van der Waals surface area contributed by atoms with Gasteiger partial charge in [-0.25, -0.2) is 4.79 Å². The van der Waals surface area contributed by atoms with E-state index in [-0.39, 0.29) is 5.97 Å². The summed E-state index contributed by atoms with van der Waals surface area (Å²) >= 11 is 0. The van der Waals surface area contributed by atoms with Gasteiger partial charge in [-0.1, -0.05) is 30.3 Å². The lowest BCUT2D eigenvalue weighted by Gasteiger charge is -2.07. The minimum atomic E-state index is -0.354. The summed E-state index contributed by atoms with van der Waals surface area (Å²) in [5.74, 6) is 0.482. The fraction of sp³-hybridized carbons (Fsp3) is 0.211. The second-order valence-electron chi connectivity index (χ2n) is 5.47. The zero-order valence-electron chi connectivity index (χ0n) is 13.8. The lowest BCUT2D eigenvalue weighted by molar-refractivity contribution is 0.0593. The summed E-state index contributed by atoms with van der Waals surface area (Å²) in [6.07, 6.45) is 0. The molecule has 1 heterocycles. The molecule has 5 nitrogen and oxygen atoms in total. The molecule has 124 valence electrons. The molecule has 0 saturated heterocycles. The number of benzene rings is 2. The number of H-pyrrole nitrogens is 1. The molecule has 0 aliphatic carbocycles. The van der Waals surface area contributed by atoms with Crippen molar-refractivity contribution < 1.29 is 14.3 Å². The summed E-state index contributed by atoms with van der Waals surface area (Å²) in [7, 11) is 3.04. The minimum absolute atomic E-state index is 0.354. The summed E-state index contributed by atoms with van der Waals surface area (Å²) in [4.78, 5) is 15.2. The highest BCUT2D eigenvalue weighted by Gasteiger charge is 2.17. The quantitative estimate of drug-likeness (QED) is 0.683.